The van der Waals surface area contributed by atoms with E-state index in [-0.39, 0.29) is 0 Å². The van der Waals surface area contributed by atoms with Crippen LogP contribution in [-0.2, 0) is 4.79 Å². The molecule has 1 nitrogen and oxygen atoms in total. The van der Waals surface area contributed by atoms with Crippen LogP contribution in [0.3, 0.4) is 0 Å². The highest BCUT2D eigenvalue weighted by molar-refractivity contribution is 5.84. The van der Waals surface area contributed by atoms with E-state index < -0.39 is 0 Å². The molecule has 0 bridgehead atoms. The van der Waals surface area contributed by atoms with Crippen LogP contribution in [0.2, 0.25) is 0 Å². The molecule has 0 aromatic heterocycles. The van der Waals surface area contributed by atoms with E-state index in [0.29, 0.717) is 29.5 Å². The normalized spacial score (nSPS) is 31.3. The summed E-state index contributed by atoms with van der Waals surface area (Å²) in [6.45, 7) is 8.87. The molecule has 4 atom stereocenters. The van der Waals surface area contributed by atoms with Crippen LogP contribution in [-0.4, -0.2) is 5.78 Å². The molecule has 1 heteroatoms. The van der Waals surface area contributed by atoms with E-state index in [4.69, 9.17) is 0 Å². The maximum Gasteiger partial charge on any atom is 0.139 e. The van der Waals surface area contributed by atoms with Gasteiger partial charge in [0.2, 0.25) is 0 Å². The van der Waals surface area contributed by atoms with Crippen LogP contribution in [0.1, 0.15) is 59.8 Å². The van der Waals surface area contributed by atoms with Crippen molar-refractivity contribution in [3.05, 3.63) is 0 Å². The van der Waals surface area contributed by atoms with Crippen molar-refractivity contribution in [1.29, 1.82) is 0 Å². The highest BCUT2D eigenvalue weighted by Gasteiger charge is 2.35. The smallest absolute Gasteiger partial charge is 0.139 e. The standard InChI is InChI=1S/C14H26O/c1-5-10(3)12-8-7-9-13(14(12)15)11(4)6-2/h10-13H,5-9H2,1-4H3/t10-,11-,12-,13+/m0/s1. The molecule has 0 unspecified atom stereocenters. The van der Waals surface area contributed by atoms with Gasteiger partial charge in [-0.25, -0.2) is 0 Å². The highest BCUT2D eigenvalue weighted by Crippen LogP contribution is 2.36. The Bertz CT molecular complexity index is 189. The van der Waals surface area contributed by atoms with Gasteiger partial charge in [-0.1, -0.05) is 47.0 Å². The summed E-state index contributed by atoms with van der Waals surface area (Å²) in [7, 11) is 0. The molecule has 88 valence electrons. The molecule has 1 aliphatic carbocycles. The minimum Gasteiger partial charge on any atom is -0.299 e. The summed E-state index contributed by atoms with van der Waals surface area (Å²) in [5, 5.41) is 0. The van der Waals surface area contributed by atoms with Gasteiger partial charge in [0.05, 0.1) is 0 Å². The summed E-state index contributed by atoms with van der Waals surface area (Å²) in [6.07, 6.45) is 5.82. The van der Waals surface area contributed by atoms with Crippen LogP contribution in [0.5, 0.6) is 0 Å². The van der Waals surface area contributed by atoms with Gasteiger partial charge in [-0.15, -0.1) is 0 Å². The molecule has 15 heavy (non-hydrogen) atoms. The Morgan fingerprint density at radius 3 is 1.80 bits per heavy atom. The average molecular weight is 210 g/mol. The second kappa shape index (κ2) is 5.67. The zero-order valence-electron chi connectivity index (χ0n) is 10.8. The fourth-order valence-corrected chi connectivity index (χ4v) is 2.82. The number of rotatable bonds is 4. The molecular formula is C14H26O. The SMILES string of the molecule is CC[C@H](C)[C@@H]1CCC[C@H]([C@@H](C)CC)C1=O. The third-order valence-corrected chi connectivity index (χ3v) is 4.42. The van der Waals surface area contributed by atoms with Gasteiger partial charge in [0.15, 0.2) is 0 Å². The summed E-state index contributed by atoms with van der Waals surface area (Å²) in [5.41, 5.74) is 0. The van der Waals surface area contributed by atoms with Crippen LogP contribution in [0, 0.1) is 23.7 Å². The van der Waals surface area contributed by atoms with Crippen molar-refractivity contribution >= 4 is 5.78 Å². The first-order chi connectivity index (χ1) is 7.11. The lowest BCUT2D eigenvalue weighted by atomic mass is 9.69. The zero-order valence-corrected chi connectivity index (χ0v) is 10.8. The van der Waals surface area contributed by atoms with E-state index in [9.17, 15) is 4.79 Å². The fraction of sp³-hybridized carbons (Fsp3) is 0.929. The molecule has 1 rings (SSSR count). The van der Waals surface area contributed by atoms with Crippen molar-refractivity contribution in [2.75, 3.05) is 0 Å². The van der Waals surface area contributed by atoms with Crippen LogP contribution in [0.15, 0.2) is 0 Å². The molecule has 1 aliphatic rings. The summed E-state index contributed by atoms with van der Waals surface area (Å²) in [4.78, 5) is 12.3. The number of carbonyl (C=O) groups excluding carboxylic acids is 1. The molecule has 0 radical (unpaired) electrons. The Hall–Kier alpha value is -0.330. The van der Waals surface area contributed by atoms with E-state index in [1.807, 2.05) is 0 Å². The van der Waals surface area contributed by atoms with Crippen LogP contribution in [0.4, 0.5) is 0 Å². The second-order valence-corrected chi connectivity index (χ2v) is 5.32. The molecule has 0 N–H and O–H groups in total. The molecule has 0 amide bonds. The van der Waals surface area contributed by atoms with Gasteiger partial charge in [0, 0.05) is 11.8 Å². The van der Waals surface area contributed by atoms with Gasteiger partial charge in [-0.2, -0.15) is 0 Å². The minimum absolute atomic E-state index is 0.364. The molecule has 1 fully saturated rings. The first-order valence-electron chi connectivity index (χ1n) is 6.65. The molecule has 0 aromatic rings. The van der Waals surface area contributed by atoms with E-state index in [2.05, 4.69) is 27.7 Å². The van der Waals surface area contributed by atoms with Gasteiger partial charge in [-0.05, 0) is 24.7 Å². The number of carbonyl (C=O) groups is 1. The predicted molar refractivity (Wildman–Crippen MR) is 64.7 cm³/mol. The van der Waals surface area contributed by atoms with Crippen molar-refractivity contribution < 1.29 is 4.79 Å². The topological polar surface area (TPSA) is 17.1 Å². The van der Waals surface area contributed by atoms with Crippen LogP contribution in [0.25, 0.3) is 0 Å². The van der Waals surface area contributed by atoms with Crippen molar-refractivity contribution in [2.45, 2.75) is 59.8 Å². The third-order valence-electron chi connectivity index (χ3n) is 4.42. The van der Waals surface area contributed by atoms with Gasteiger partial charge >= 0.3 is 0 Å². The number of ketones is 1. The fourth-order valence-electron chi connectivity index (χ4n) is 2.82. The Kier molecular flexibility index (Phi) is 4.82. The molecule has 0 spiro atoms. The average Bonchev–Trinajstić information content (AvgIpc) is 2.27. The summed E-state index contributed by atoms with van der Waals surface area (Å²) in [5.74, 6) is 2.48. The molecule has 0 aromatic carbocycles. The lowest BCUT2D eigenvalue weighted by Crippen LogP contribution is -2.35. The van der Waals surface area contributed by atoms with Crippen LogP contribution < -0.4 is 0 Å². The van der Waals surface area contributed by atoms with E-state index in [1.54, 1.807) is 0 Å². The maximum atomic E-state index is 12.3. The quantitative estimate of drug-likeness (QED) is 0.683. The van der Waals surface area contributed by atoms with Crippen molar-refractivity contribution in [3.8, 4) is 0 Å². The monoisotopic (exact) mass is 210 g/mol. The first kappa shape index (κ1) is 12.7. The Labute approximate surface area is 94.6 Å². The highest BCUT2D eigenvalue weighted by atomic mass is 16.1. The van der Waals surface area contributed by atoms with Gasteiger partial charge in [0.25, 0.3) is 0 Å². The van der Waals surface area contributed by atoms with Gasteiger partial charge < -0.3 is 0 Å². The summed E-state index contributed by atoms with van der Waals surface area (Å²) in [6, 6.07) is 0. The Morgan fingerprint density at radius 2 is 1.47 bits per heavy atom. The zero-order chi connectivity index (χ0) is 11.4. The van der Waals surface area contributed by atoms with Crippen LogP contribution >= 0.6 is 0 Å². The molecular weight excluding hydrogens is 184 g/mol. The molecule has 0 heterocycles. The molecule has 1 saturated carbocycles. The van der Waals surface area contributed by atoms with Gasteiger partial charge in [0.1, 0.15) is 5.78 Å². The van der Waals surface area contributed by atoms with E-state index >= 15 is 0 Å². The third kappa shape index (κ3) is 2.83. The second-order valence-electron chi connectivity index (χ2n) is 5.32. The Balaban J connectivity index is 2.66. The van der Waals surface area contributed by atoms with Crippen molar-refractivity contribution in [3.63, 3.8) is 0 Å². The van der Waals surface area contributed by atoms with E-state index in [1.165, 1.54) is 6.42 Å². The first-order valence-corrected chi connectivity index (χ1v) is 6.65. The summed E-state index contributed by atoms with van der Waals surface area (Å²) >= 11 is 0. The minimum atomic E-state index is 0.364. The van der Waals surface area contributed by atoms with E-state index in [0.717, 1.165) is 25.7 Å². The molecule has 0 aliphatic heterocycles. The Morgan fingerprint density at radius 1 is 1.07 bits per heavy atom. The summed E-state index contributed by atoms with van der Waals surface area (Å²) < 4.78 is 0. The lowest BCUT2D eigenvalue weighted by Gasteiger charge is -2.34. The number of hydrogen-bond acceptors (Lipinski definition) is 1. The predicted octanol–water partition coefficient (Wildman–Crippen LogP) is 4.06. The maximum absolute atomic E-state index is 12.3. The largest absolute Gasteiger partial charge is 0.299 e. The van der Waals surface area contributed by atoms with Crippen molar-refractivity contribution in [1.82, 2.24) is 0 Å². The molecule has 0 saturated heterocycles. The number of Topliss-reactive ketones (excluding diaryl/α,β-unsaturated/α-hetero) is 1. The van der Waals surface area contributed by atoms with Gasteiger partial charge in [-0.3, -0.25) is 4.79 Å². The number of hydrogen-bond donors (Lipinski definition) is 0. The van der Waals surface area contributed by atoms with Crippen molar-refractivity contribution in [2.24, 2.45) is 23.7 Å². The lowest BCUT2D eigenvalue weighted by molar-refractivity contribution is -0.132.